The molecule has 0 unspecified atom stereocenters. The summed E-state index contributed by atoms with van der Waals surface area (Å²) in [4.78, 5) is 8.77. The van der Waals surface area contributed by atoms with Gasteiger partial charge in [-0.2, -0.15) is 0 Å². The van der Waals surface area contributed by atoms with Gasteiger partial charge < -0.3 is 10.2 Å². The van der Waals surface area contributed by atoms with Crippen LogP contribution in [-0.2, 0) is 17.1 Å². The van der Waals surface area contributed by atoms with Crippen LogP contribution in [-0.4, -0.2) is 12.4 Å². The summed E-state index contributed by atoms with van der Waals surface area (Å²) in [5, 5.41) is 23.8. The van der Waals surface area contributed by atoms with Crippen LogP contribution in [0.3, 0.4) is 0 Å². The predicted molar refractivity (Wildman–Crippen MR) is 108 cm³/mol. The first-order chi connectivity index (χ1) is 12.5. The van der Waals surface area contributed by atoms with Crippen molar-refractivity contribution >= 4 is 55.7 Å². The summed E-state index contributed by atoms with van der Waals surface area (Å²) < 4.78 is 1.62. The van der Waals surface area contributed by atoms with Crippen LogP contribution >= 0.6 is 31.9 Å². The first kappa shape index (κ1) is 21.4. The van der Waals surface area contributed by atoms with Gasteiger partial charge in [0.2, 0.25) is 0 Å². The molecule has 0 spiro atoms. The molecule has 0 aliphatic rings. The maximum Gasteiger partial charge on any atom is 2.00 e. The molecule has 0 aliphatic carbocycles. The summed E-state index contributed by atoms with van der Waals surface area (Å²) in [6.07, 6.45) is 3.03. The van der Waals surface area contributed by atoms with Gasteiger partial charge in [0.15, 0.2) is 0 Å². The number of hydrogen-bond donors (Lipinski definition) is 0. The van der Waals surface area contributed by atoms with Crippen molar-refractivity contribution in [1.82, 2.24) is 0 Å². The van der Waals surface area contributed by atoms with Gasteiger partial charge in [-0.1, -0.05) is 67.6 Å². The topological polar surface area (TPSA) is 70.8 Å². The number of rotatable bonds is 4. The van der Waals surface area contributed by atoms with E-state index in [0.717, 1.165) is 8.95 Å². The molecule has 139 valence electrons. The minimum atomic E-state index is -0.108. The van der Waals surface area contributed by atoms with Crippen molar-refractivity contribution in [3.05, 3.63) is 80.7 Å². The molecule has 0 saturated heterocycles. The van der Waals surface area contributed by atoms with E-state index < -0.39 is 0 Å². The van der Waals surface area contributed by atoms with Gasteiger partial charge in [-0.05, 0) is 47.5 Å². The molecule has 3 rings (SSSR count). The SMILES string of the molecule is [Cu+2].[O-]c1ccc(Br)cc1C=Nc1ccccc1N=Cc1cc(Br)ccc1[O-]. The van der Waals surface area contributed by atoms with E-state index >= 15 is 0 Å². The zero-order chi connectivity index (χ0) is 18.5. The summed E-state index contributed by atoms with van der Waals surface area (Å²) in [5.41, 5.74) is 2.16. The van der Waals surface area contributed by atoms with E-state index in [4.69, 9.17) is 0 Å². The van der Waals surface area contributed by atoms with Crippen LogP contribution in [0.1, 0.15) is 11.1 Å². The molecular weight excluding hydrogens is 524 g/mol. The third-order valence-corrected chi connectivity index (χ3v) is 4.50. The molecule has 3 aromatic carbocycles. The minimum absolute atomic E-state index is 0. The average molecular weight is 536 g/mol. The third kappa shape index (κ3) is 5.78. The van der Waals surface area contributed by atoms with Gasteiger partial charge in [0.05, 0.1) is 11.4 Å². The molecule has 1 radical (unpaired) electrons. The molecular formula is C20H12Br2CuN2O2. The molecule has 7 heteroatoms. The van der Waals surface area contributed by atoms with Gasteiger partial charge in [-0.3, -0.25) is 9.98 Å². The Morgan fingerprint density at radius 2 is 1.07 bits per heavy atom. The van der Waals surface area contributed by atoms with Crippen LogP contribution in [0.5, 0.6) is 11.5 Å². The maximum absolute atomic E-state index is 11.9. The van der Waals surface area contributed by atoms with Crippen molar-refractivity contribution in [2.45, 2.75) is 0 Å². The molecule has 0 bridgehead atoms. The van der Waals surface area contributed by atoms with Gasteiger partial charge in [0.1, 0.15) is 0 Å². The van der Waals surface area contributed by atoms with Crippen molar-refractivity contribution < 1.29 is 27.3 Å². The monoisotopic (exact) mass is 533 g/mol. The van der Waals surface area contributed by atoms with Gasteiger partial charge in [0.25, 0.3) is 0 Å². The number of para-hydroxylation sites is 2. The van der Waals surface area contributed by atoms with Crippen molar-refractivity contribution in [3.8, 4) is 11.5 Å². The smallest absolute Gasteiger partial charge is 0.872 e. The first-order valence-electron chi connectivity index (χ1n) is 7.63. The standard InChI is InChI=1S/C20H14Br2N2O2.Cu/c21-15-5-7-19(25)13(9-15)11-23-17-3-1-2-4-18(17)24-12-14-10-16(22)6-8-20(14)26;/h1-12,25-26H;/q;+2/p-2. The Kier molecular flexibility index (Phi) is 7.80. The third-order valence-electron chi connectivity index (χ3n) is 3.51. The Hall–Kier alpha value is -1.92. The van der Waals surface area contributed by atoms with Crippen LogP contribution in [0.4, 0.5) is 11.4 Å². The van der Waals surface area contributed by atoms with Crippen LogP contribution in [0.25, 0.3) is 0 Å². The molecule has 27 heavy (non-hydrogen) atoms. The summed E-state index contributed by atoms with van der Waals surface area (Å²) in [6.45, 7) is 0. The van der Waals surface area contributed by atoms with E-state index in [9.17, 15) is 10.2 Å². The van der Waals surface area contributed by atoms with E-state index in [1.54, 1.807) is 36.4 Å². The Morgan fingerprint density at radius 1 is 0.667 bits per heavy atom. The molecule has 0 aromatic heterocycles. The fraction of sp³-hybridized carbons (Fsp3) is 0. The van der Waals surface area contributed by atoms with Crippen molar-refractivity contribution in [2.75, 3.05) is 0 Å². The summed E-state index contributed by atoms with van der Waals surface area (Å²) >= 11 is 6.69. The van der Waals surface area contributed by atoms with Crippen LogP contribution < -0.4 is 10.2 Å². The fourth-order valence-corrected chi connectivity index (χ4v) is 2.96. The predicted octanol–water partition coefficient (Wildman–Crippen LogP) is 4.86. The first-order valence-corrected chi connectivity index (χ1v) is 9.22. The van der Waals surface area contributed by atoms with Crippen molar-refractivity contribution in [1.29, 1.82) is 0 Å². The van der Waals surface area contributed by atoms with Crippen LogP contribution in [0, 0.1) is 0 Å². The van der Waals surface area contributed by atoms with Crippen LogP contribution in [0.2, 0.25) is 0 Å². The van der Waals surface area contributed by atoms with Crippen molar-refractivity contribution in [2.24, 2.45) is 9.98 Å². The summed E-state index contributed by atoms with van der Waals surface area (Å²) in [6, 6.07) is 17.0. The van der Waals surface area contributed by atoms with Crippen molar-refractivity contribution in [3.63, 3.8) is 0 Å². The molecule has 0 saturated carbocycles. The molecule has 3 aromatic rings. The molecule has 0 atom stereocenters. The van der Waals surface area contributed by atoms with E-state index in [1.807, 2.05) is 12.1 Å². The van der Waals surface area contributed by atoms with Gasteiger partial charge in [-0.25, -0.2) is 0 Å². The second-order valence-corrected chi connectivity index (χ2v) is 7.20. The number of halogens is 2. The Bertz CT molecular complexity index is 927. The van der Waals surface area contributed by atoms with Gasteiger partial charge in [-0.15, -0.1) is 0 Å². The number of hydrogen-bond acceptors (Lipinski definition) is 4. The Balaban J connectivity index is 0.00000261. The molecule has 0 amide bonds. The molecule has 0 N–H and O–H groups in total. The zero-order valence-corrected chi connectivity index (χ0v) is 17.8. The Labute approximate surface area is 184 Å². The van der Waals surface area contributed by atoms with Gasteiger partial charge >= 0.3 is 17.1 Å². The largest absolute Gasteiger partial charge is 2.00 e. The Morgan fingerprint density at radius 3 is 1.48 bits per heavy atom. The summed E-state index contributed by atoms with van der Waals surface area (Å²) in [5.74, 6) is -0.217. The van der Waals surface area contributed by atoms with Gasteiger partial charge in [0, 0.05) is 21.4 Å². The van der Waals surface area contributed by atoms with E-state index in [0.29, 0.717) is 22.5 Å². The second kappa shape index (κ2) is 9.85. The zero-order valence-electron chi connectivity index (χ0n) is 13.7. The number of nitrogens with zero attached hydrogens (tertiary/aromatic N) is 2. The average Bonchev–Trinajstić information content (AvgIpc) is 2.64. The molecule has 0 fully saturated rings. The normalized spacial score (nSPS) is 11.0. The van der Waals surface area contributed by atoms with E-state index in [1.165, 1.54) is 24.6 Å². The quantitative estimate of drug-likeness (QED) is 0.354. The maximum atomic E-state index is 11.9. The second-order valence-electron chi connectivity index (χ2n) is 5.37. The fourth-order valence-electron chi connectivity index (χ4n) is 2.20. The van der Waals surface area contributed by atoms with E-state index in [-0.39, 0.29) is 28.6 Å². The number of aliphatic imine (C=N–C) groups is 2. The minimum Gasteiger partial charge on any atom is -0.872 e. The molecule has 4 nitrogen and oxygen atoms in total. The molecule has 0 heterocycles. The summed E-state index contributed by atoms with van der Waals surface area (Å²) in [7, 11) is 0. The van der Waals surface area contributed by atoms with Crippen LogP contribution in [0.15, 0.2) is 79.6 Å². The number of benzene rings is 3. The van der Waals surface area contributed by atoms with E-state index in [2.05, 4.69) is 41.8 Å². The molecule has 0 aliphatic heterocycles.